The fraction of sp³-hybridized carbons (Fsp3) is 0.139. The highest BCUT2D eigenvalue weighted by molar-refractivity contribution is 6.02. The van der Waals surface area contributed by atoms with E-state index in [4.69, 9.17) is 47.6 Å². The summed E-state index contributed by atoms with van der Waals surface area (Å²) >= 11 is 0. The van der Waals surface area contributed by atoms with Gasteiger partial charge in [-0.1, -0.05) is 54.6 Å². The first-order valence-corrected chi connectivity index (χ1v) is 30.7. The molecule has 18 N–H and O–H groups in total. The molecular formula is C72H66F9N13O12. The summed E-state index contributed by atoms with van der Waals surface area (Å²) in [4.78, 5) is 80.1. The minimum atomic E-state index is -4.67. The number of halogens is 9. The zero-order chi connectivity index (χ0) is 77.8. The van der Waals surface area contributed by atoms with Gasteiger partial charge < -0.3 is 89.7 Å². The van der Waals surface area contributed by atoms with Gasteiger partial charge in [0, 0.05) is 6.54 Å². The molecule has 0 saturated carbocycles. The third-order valence-corrected chi connectivity index (χ3v) is 14.9. The van der Waals surface area contributed by atoms with Crippen molar-refractivity contribution in [2.45, 2.75) is 38.2 Å². The summed E-state index contributed by atoms with van der Waals surface area (Å²) in [5.74, 6) is -5.57. The van der Waals surface area contributed by atoms with E-state index < -0.39 is 71.0 Å². The SMILES string of the molecule is COC(=O)c1ccccc1Nc1ccc(C(F)(F)F)cc1Nc1ccc(CN)cc1C(=O)OC.COC(=O)c1ccccc1Nc1ccc(C(F)(F)F)cc1Nc1ccc(CN=C(N)N)cc1C(=O)OC.NC(N)=NCc1ccc(Nc2cc(C(F)(F)F)ccc2Nc2ccccc2C(=O)O)c(C(=O)O)c1. The first kappa shape index (κ1) is 79.8. The van der Waals surface area contributed by atoms with Gasteiger partial charge in [-0.05, 0) is 144 Å². The molecule has 0 amide bonds. The van der Waals surface area contributed by atoms with Crippen molar-refractivity contribution in [3.05, 3.63) is 249 Å². The van der Waals surface area contributed by atoms with Crippen LogP contribution in [0.1, 0.15) is 95.5 Å². The number of aromatic carboxylic acids is 2. The molecule has 0 aliphatic heterocycles. The van der Waals surface area contributed by atoms with Crippen LogP contribution in [0.25, 0.3) is 0 Å². The summed E-state index contributed by atoms with van der Waals surface area (Å²) < 4.78 is 140. The number of rotatable bonds is 23. The average molecular weight is 1480 g/mol. The summed E-state index contributed by atoms with van der Waals surface area (Å²) in [6.07, 6.45) is -13.9. The standard InChI is InChI=1S/C25H24F3N5O4.C24H22F3N3O4.C23H20F3N5O4/c1-36-22(34)16-5-3-4-6-18(16)32-20-10-8-15(25(26,27)28)12-21(20)33-19-9-7-14(13-31-24(29)30)11-17(19)23(35)37-2;1-33-22(31)16-5-3-4-6-18(16)29-20-10-8-15(24(25,26)27)12-21(20)30-19-9-7-14(13-28)11-17(19)23(32)34-2;24-23(25,26)13-6-8-18(30-16-4-2-1-3-14(16)20(32)33)19(10-13)31-17-7-5-12(11-29-22(27)28)9-15(17)21(34)35/h3-12,32-33H,13H2,1-2H3,(H4,29,30,31);3-12,29-30H,13,28H2,1-2H3;1-10,30-31H,11H2,(H,32,33)(H,34,35)(H4,27,28,29). The van der Waals surface area contributed by atoms with Gasteiger partial charge in [-0.15, -0.1) is 0 Å². The fourth-order valence-corrected chi connectivity index (χ4v) is 9.73. The monoisotopic (exact) mass is 1480 g/mol. The lowest BCUT2D eigenvalue weighted by Crippen LogP contribution is -2.22. The van der Waals surface area contributed by atoms with Crippen molar-refractivity contribution in [1.29, 1.82) is 0 Å². The molecule has 34 heteroatoms. The maximum absolute atomic E-state index is 13.5. The number of hydrogen-bond donors (Lipinski definition) is 13. The molecule has 0 heterocycles. The summed E-state index contributed by atoms with van der Waals surface area (Å²) in [6, 6.07) is 40.8. The van der Waals surface area contributed by atoms with Crippen LogP contribution < -0.4 is 60.6 Å². The Bertz CT molecular complexity index is 4800. The van der Waals surface area contributed by atoms with E-state index in [1.807, 2.05) is 0 Å². The zero-order valence-electron chi connectivity index (χ0n) is 56.1. The molecule has 25 nitrogen and oxygen atoms in total. The van der Waals surface area contributed by atoms with Crippen LogP contribution in [0.3, 0.4) is 0 Å². The topological polar surface area (TPSA) is 407 Å². The Kier molecular flexibility index (Phi) is 26.6. The highest BCUT2D eigenvalue weighted by Gasteiger charge is 2.34. The zero-order valence-corrected chi connectivity index (χ0v) is 56.1. The second-order valence-corrected chi connectivity index (χ2v) is 22.1. The third-order valence-electron chi connectivity index (χ3n) is 14.9. The van der Waals surface area contributed by atoms with Crippen molar-refractivity contribution in [3.63, 3.8) is 0 Å². The lowest BCUT2D eigenvalue weighted by atomic mass is 10.1. The van der Waals surface area contributed by atoms with Crippen molar-refractivity contribution < 1.29 is 97.4 Å². The fourth-order valence-electron chi connectivity index (χ4n) is 9.73. The van der Waals surface area contributed by atoms with Gasteiger partial charge in [0.25, 0.3) is 0 Å². The number of anilines is 12. The van der Waals surface area contributed by atoms with Gasteiger partial charge in [-0.25, -0.2) is 38.8 Å². The minimum absolute atomic E-state index is 0.000144. The normalized spacial score (nSPS) is 10.9. The van der Waals surface area contributed by atoms with Gasteiger partial charge in [0.1, 0.15) is 0 Å². The van der Waals surface area contributed by atoms with Crippen LogP contribution in [0.2, 0.25) is 0 Å². The Morgan fingerprint density at radius 3 is 0.896 bits per heavy atom. The number of carboxylic acid groups (broad SMARTS) is 2. The largest absolute Gasteiger partial charge is 0.478 e. The van der Waals surface area contributed by atoms with Gasteiger partial charge in [0.2, 0.25) is 0 Å². The van der Waals surface area contributed by atoms with Crippen molar-refractivity contribution in [2.24, 2.45) is 38.7 Å². The Hall–Kier alpha value is -13.5. The third kappa shape index (κ3) is 21.5. The number of alkyl halides is 9. The highest BCUT2D eigenvalue weighted by atomic mass is 19.4. The molecule has 0 bridgehead atoms. The number of nitrogens with two attached hydrogens (primary N) is 5. The molecule has 0 aliphatic rings. The van der Waals surface area contributed by atoms with Crippen LogP contribution >= 0.6 is 0 Å². The number of nitrogens with one attached hydrogen (secondary N) is 6. The van der Waals surface area contributed by atoms with Crippen LogP contribution in [-0.4, -0.2) is 86.4 Å². The smallest absolute Gasteiger partial charge is 0.416 e. The van der Waals surface area contributed by atoms with E-state index in [-0.39, 0.29) is 122 Å². The first-order valence-electron chi connectivity index (χ1n) is 30.7. The molecule has 106 heavy (non-hydrogen) atoms. The second kappa shape index (κ2) is 35.4. The summed E-state index contributed by atoms with van der Waals surface area (Å²) in [6.45, 7) is 0.240. The number of benzene rings is 9. The molecule has 0 unspecified atom stereocenters. The molecule has 0 aromatic heterocycles. The van der Waals surface area contributed by atoms with Crippen LogP contribution in [0, 0.1) is 0 Å². The average Bonchev–Trinajstić information content (AvgIpc) is 0.807. The maximum Gasteiger partial charge on any atom is 0.416 e. The highest BCUT2D eigenvalue weighted by Crippen LogP contribution is 2.42. The Morgan fingerprint density at radius 2 is 0.585 bits per heavy atom. The van der Waals surface area contributed by atoms with E-state index in [9.17, 15) is 78.5 Å². The number of guanidine groups is 2. The predicted octanol–water partition coefficient (Wildman–Crippen LogP) is 14.1. The Morgan fingerprint density at radius 1 is 0.330 bits per heavy atom. The van der Waals surface area contributed by atoms with Crippen molar-refractivity contribution in [2.75, 3.05) is 60.3 Å². The lowest BCUT2D eigenvalue weighted by molar-refractivity contribution is -0.138. The van der Waals surface area contributed by atoms with E-state index in [1.54, 1.807) is 54.6 Å². The number of carbonyl (C=O) groups excluding carboxylic acids is 4. The number of carboxylic acids is 2. The van der Waals surface area contributed by atoms with Crippen LogP contribution in [0.5, 0.6) is 0 Å². The van der Waals surface area contributed by atoms with Crippen LogP contribution in [-0.2, 0) is 57.1 Å². The molecule has 9 aromatic rings. The summed E-state index contributed by atoms with van der Waals surface area (Å²) in [5.41, 5.74) is 27.5. The minimum Gasteiger partial charge on any atom is -0.478 e. The molecule has 9 aromatic carbocycles. The molecule has 0 spiro atoms. The van der Waals surface area contributed by atoms with Gasteiger partial charge in [0.05, 0.1) is 160 Å². The van der Waals surface area contributed by atoms with Gasteiger partial charge >= 0.3 is 54.3 Å². The molecule has 554 valence electrons. The second-order valence-electron chi connectivity index (χ2n) is 22.1. The number of nitrogens with zero attached hydrogens (tertiary/aromatic N) is 2. The lowest BCUT2D eigenvalue weighted by Gasteiger charge is -2.19. The van der Waals surface area contributed by atoms with E-state index in [2.05, 4.69) is 41.9 Å². The van der Waals surface area contributed by atoms with Crippen LogP contribution in [0.15, 0.2) is 192 Å². The van der Waals surface area contributed by atoms with E-state index >= 15 is 0 Å². The van der Waals surface area contributed by atoms with Gasteiger partial charge in [-0.2, -0.15) is 39.5 Å². The summed E-state index contributed by atoms with van der Waals surface area (Å²) in [5, 5.41) is 36.3. The van der Waals surface area contributed by atoms with Crippen LogP contribution in [0.4, 0.5) is 108 Å². The Labute approximate surface area is 597 Å². The number of hydrogen-bond acceptors (Lipinski definition) is 19. The molecule has 0 aliphatic carbocycles. The number of esters is 4. The number of methoxy groups -OCH3 is 4. The number of aliphatic imine (C=N–C) groups is 2. The van der Waals surface area contributed by atoms with E-state index in [0.717, 1.165) is 42.5 Å². The Balaban J connectivity index is 0.000000222. The van der Waals surface area contributed by atoms with Gasteiger partial charge in [-0.3, -0.25) is 0 Å². The van der Waals surface area contributed by atoms with Crippen molar-refractivity contribution in [3.8, 4) is 0 Å². The molecule has 9 rings (SSSR count). The molecule has 0 atom stereocenters. The first-order chi connectivity index (χ1) is 50.2. The summed E-state index contributed by atoms with van der Waals surface area (Å²) in [7, 11) is 4.82. The maximum atomic E-state index is 13.5. The molecule has 0 fully saturated rings. The van der Waals surface area contributed by atoms with E-state index in [1.165, 1.54) is 113 Å². The predicted molar refractivity (Wildman–Crippen MR) is 379 cm³/mol. The number of para-hydroxylation sites is 3. The molecular weight excluding hydrogens is 1410 g/mol. The van der Waals surface area contributed by atoms with Crippen molar-refractivity contribution >= 4 is 116 Å². The number of ether oxygens (including phenoxy) is 4. The van der Waals surface area contributed by atoms with Crippen molar-refractivity contribution in [1.82, 2.24) is 0 Å². The van der Waals surface area contributed by atoms with E-state index in [0.29, 0.717) is 28.1 Å². The number of carbonyl (C=O) groups is 6. The molecule has 0 saturated heterocycles. The quantitative estimate of drug-likeness (QED) is 0.00930. The van der Waals surface area contributed by atoms with Gasteiger partial charge in [0.15, 0.2) is 11.9 Å². The molecule has 0 radical (unpaired) electrons.